The van der Waals surface area contributed by atoms with Gasteiger partial charge >= 0.3 is 0 Å². The van der Waals surface area contributed by atoms with Gasteiger partial charge in [-0.3, -0.25) is 0 Å². The highest BCUT2D eigenvalue weighted by molar-refractivity contribution is 4.93. The zero-order valence-electron chi connectivity index (χ0n) is 24.1. The highest BCUT2D eigenvalue weighted by atomic mass is 15.0. The zero-order valence-corrected chi connectivity index (χ0v) is 24.1. The van der Waals surface area contributed by atoms with Gasteiger partial charge in [-0.1, -0.05) is 105 Å². The van der Waals surface area contributed by atoms with Crippen LogP contribution in [0.4, 0.5) is 0 Å². The Hall–Kier alpha value is -0.0800. The summed E-state index contributed by atoms with van der Waals surface area (Å²) >= 11 is 0. The topological polar surface area (TPSA) is 24.1 Å². The normalized spacial score (nSPS) is 24.7. The first-order chi connectivity index (χ1) is 15.5. The van der Waals surface area contributed by atoms with Crippen LogP contribution in [-0.4, -0.2) is 24.7 Å². The first kappa shape index (κ1) is 29.2. The maximum atomic E-state index is 4.31. The molecule has 0 bridgehead atoms. The summed E-state index contributed by atoms with van der Waals surface area (Å²) in [4.78, 5) is 0. The predicted octanol–water partition coefficient (Wildman–Crippen LogP) is 8.74. The molecule has 2 rings (SSSR count). The molecule has 33 heavy (non-hydrogen) atoms. The van der Waals surface area contributed by atoms with Crippen LogP contribution >= 0.6 is 0 Å². The van der Waals surface area contributed by atoms with Gasteiger partial charge in [0, 0.05) is 17.6 Å². The SMILES string of the molecule is CNC(C)(C)CC(C1CCCCCCC1)C(C)C(C)NC(C1CCCCCCC1)C(C)(C)C. The molecule has 0 radical (unpaired) electrons. The molecule has 4 atom stereocenters. The van der Waals surface area contributed by atoms with Gasteiger partial charge in [0.25, 0.3) is 0 Å². The quantitative estimate of drug-likeness (QED) is 0.358. The van der Waals surface area contributed by atoms with Gasteiger partial charge in [-0.05, 0) is 76.2 Å². The van der Waals surface area contributed by atoms with E-state index in [0.717, 1.165) is 17.8 Å². The number of hydrogen-bond donors (Lipinski definition) is 2. The minimum Gasteiger partial charge on any atom is -0.315 e. The standard InChI is InChI=1S/C31H62N2/c1-24(28(23-31(6,7)32-8)26-19-15-11-9-12-16-20-26)25(2)33-29(30(3,4)5)27-21-17-13-10-14-18-22-27/h24-29,32-33H,9-23H2,1-8H3. The van der Waals surface area contributed by atoms with Crippen LogP contribution < -0.4 is 10.6 Å². The average molecular weight is 463 g/mol. The Morgan fingerprint density at radius 1 is 0.667 bits per heavy atom. The fraction of sp³-hybridized carbons (Fsp3) is 1.00. The Kier molecular flexibility index (Phi) is 12.2. The highest BCUT2D eigenvalue weighted by Gasteiger charge is 2.38. The van der Waals surface area contributed by atoms with Crippen LogP contribution in [0.2, 0.25) is 0 Å². The molecule has 2 N–H and O–H groups in total. The van der Waals surface area contributed by atoms with E-state index in [1.54, 1.807) is 0 Å². The van der Waals surface area contributed by atoms with Crippen molar-refractivity contribution in [2.75, 3.05) is 7.05 Å². The van der Waals surface area contributed by atoms with E-state index in [1.807, 2.05) is 0 Å². The molecule has 2 aliphatic rings. The van der Waals surface area contributed by atoms with Gasteiger partial charge in [0.1, 0.15) is 0 Å². The van der Waals surface area contributed by atoms with E-state index in [4.69, 9.17) is 0 Å². The van der Waals surface area contributed by atoms with Crippen molar-refractivity contribution in [2.45, 2.75) is 162 Å². The molecule has 2 aliphatic carbocycles. The van der Waals surface area contributed by atoms with Gasteiger partial charge < -0.3 is 10.6 Å². The molecule has 4 unspecified atom stereocenters. The van der Waals surface area contributed by atoms with Crippen molar-refractivity contribution in [3.63, 3.8) is 0 Å². The van der Waals surface area contributed by atoms with E-state index in [9.17, 15) is 0 Å². The number of rotatable bonds is 9. The lowest BCUT2D eigenvalue weighted by Crippen LogP contribution is -2.53. The molecule has 2 nitrogen and oxygen atoms in total. The van der Waals surface area contributed by atoms with Crippen molar-refractivity contribution >= 4 is 0 Å². The molecule has 2 heteroatoms. The van der Waals surface area contributed by atoms with Crippen LogP contribution in [0.3, 0.4) is 0 Å². The van der Waals surface area contributed by atoms with Crippen molar-refractivity contribution in [1.29, 1.82) is 0 Å². The summed E-state index contributed by atoms with van der Waals surface area (Å²) in [5, 5.41) is 7.95. The molecule has 0 aromatic carbocycles. The van der Waals surface area contributed by atoms with E-state index < -0.39 is 0 Å². The minimum absolute atomic E-state index is 0.212. The van der Waals surface area contributed by atoms with Crippen molar-refractivity contribution in [2.24, 2.45) is 29.1 Å². The number of nitrogens with one attached hydrogen (secondary N) is 2. The van der Waals surface area contributed by atoms with Crippen molar-refractivity contribution in [1.82, 2.24) is 10.6 Å². The Morgan fingerprint density at radius 2 is 1.09 bits per heavy atom. The minimum atomic E-state index is 0.212. The monoisotopic (exact) mass is 462 g/mol. The van der Waals surface area contributed by atoms with E-state index in [-0.39, 0.29) is 5.54 Å². The molecule has 0 aromatic rings. The Balaban J connectivity index is 2.18. The van der Waals surface area contributed by atoms with Crippen LogP contribution in [0.1, 0.15) is 145 Å². The van der Waals surface area contributed by atoms with Crippen LogP contribution in [0, 0.1) is 29.1 Å². The van der Waals surface area contributed by atoms with Crippen LogP contribution in [0.5, 0.6) is 0 Å². The van der Waals surface area contributed by atoms with E-state index in [0.29, 0.717) is 23.4 Å². The second-order valence-electron chi connectivity index (χ2n) is 13.9. The van der Waals surface area contributed by atoms with Crippen molar-refractivity contribution < 1.29 is 0 Å². The maximum absolute atomic E-state index is 4.31. The summed E-state index contributed by atoms with van der Waals surface area (Å²) < 4.78 is 0. The molecule has 0 amide bonds. The van der Waals surface area contributed by atoms with Gasteiger partial charge in [0.05, 0.1) is 0 Å². The summed E-state index contributed by atoms with van der Waals surface area (Å²) in [6.07, 6.45) is 21.5. The summed E-state index contributed by atoms with van der Waals surface area (Å²) in [7, 11) is 2.16. The second-order valence-corrected chi connectivity index (χ2v) is 13.9. The van der Waals surface area contributed by atoms with Gasteiger partial charge in [0.15, 0.2) is 0 Å². The first-order valence-corrected chi connectivity index (χ1v) is 15.0. The van der Waals surface area contributed by atoms with Gasteiger partial charge in [-0.15, -0.1) is 0 Å². The Bertz CT molecular complexity index is 504. The molecule has 0 heterocycles. The lowest BCUT2D eigenvalue weighted by Gasteiger charge is -2.45. The summed E-state index contributed by atoms with van der Waals surface area (Å²) in [5.41, 5.74) is 0.530. The summed E-state index contributed by atoms with van der Waals surface area (Å²) in [6, 6.07) is 1.20. The summed E-state index contributed by atoms with van der Waals surface area (Å²) in [6.45, 7) is 17.4. The van der Waals surface area contributed by atoms with Gasteiger partial charge in [0.2, 0.25) is 0 Å². The third-order valence-corrected chi connectivity index (χ3v) is 9.64. The Morgan fingerprint density at radius 3 is 1.52 bits per heavy atom. The lowest BCUT2D eigenvalue weighted by molar-refractivity contribution is 0.0965. The number of hydrogen-bond acceptors (Lipinski definition) is 2. The van der Waals surface area contributed by atoms with E-state index >= 15 is 0 Å². The maximum Gasteiger partial charge on any atom is 0.0146 e. The fourth-order valence-electron chi connectivity index (χ4n) is 7.11. The molecule has 0 spiro atoms. The van der Waals surface area contributed by atoms with Crippen LogP contribution in [-0.2, 0) is 0 Å². The molecular weight excluding hydrogens is 400 g/mol. The van der Waals surface area contributed by atoms with Crippen LogP contribution in [0.15, 0.2) is 0 Å². The molecule has 2 saturated carbocycles. The fourth-order valence-corrected chi connectivity index (χ4v) is 7.11. The Labute approximate surface area is 209 Å². The van der Waals surface area contributed by atoms with E-state index in [1.165, 1.54) is 96.3 Å². The predicted molar refractivity (Wildman–Crippen MR) is 148 cm³/mol. The molecule has 0 aliphatic heterocycles. The third-order valence-electron chi connectivity index (χ3n) is 9.64. The van der Waals surface area contributed by atoms with Crippen LogP contribution in [0.25, 0.3) is 0 Å². The highest BCUT2D eigenvalue weighted by Crippen LogP contribution is 2.40. The van der Waals surface area contributed by atoms with Gasteiger partial charge in [-0.2, -0.15) is 0 Å². The second kappa shape index (κ2) is 13.9. The van der Waals surface area contributed by atoms with Crippen molar-refractivity contribution in [3.8, 4) is 0 Å². The lowest BCUT2D eigenvalue weighted by atomic mass is 9.68. The molecular formula is C31H62N2. The molecule has 0 saturated heterocycles. The average Bonchev–Trinajstić information content (AvgIpc) is 2.69. The third kappa shape index (κ3) is 9.83. The molecule has 0 aromatic heterocycles. The van der Waals surface area contributed by atoms with Crippen molar-refractivity contribution in [3.05, 3.63) is 0 Å². The first-order valence-electron chi connectivity index (χ1n) is 15.0. The zero-order chi connectivity index (χ0) is 24.5. The smallest absolute Gasteiger partial charge is 0.0146 e. The largest absolute Gasteiger partial charge is 0.315 e. The summed E-state index contributed by atoms with van der Waals surface area (Å²) in [5.74, 6) is 3.24. The van der Waals surface area contributed by atoms with E-state index in [2.05, 4.69) is 66.1 Å². The molecule has 2 fully saturated rings. The van der Waals surface area contributed by atoms with Gasteiger partial charge in [-0.25, -0.2) is 0 Å². The molecule has 196 valence electrons.